The fourth-order valence-electron chi connectivity index (χ4n) is 2.88. The van der Waals surface area contributed by atoms with Crippen molar-refractivity contribution in [3.63, 3.8) is 0 Å². The Hall–Kier alpha value is -1.86. The topological polar surface area (TPSA) is 63.0 Å². The van der Waals surface area contributed by atoms with Crippen molar-refractivity contribution in [2.24, 2.45) is 0 Å². The smallest absolute Gasteiger partial charge is 0.165 e. The molecule has 7 nitrogen and oxygen atoms in total. The fourth-order valence-corrected chi connectivity index (χ4v) is 2.88. The molecule has 7 heteroatoms. The SMILES string of the molecule is CC(C)(C)n1nnnc1CN1CCN(Cc2ccncc2)CC1. The molecule has 1 saturated heterocycles. The molecule has 1 aliphatic heterocycles. The summed E-state index contributed by atoms with van der Waals surface area (Å²) in [6.07, 6.45) is 3.72. The Kier molecular flexibility index (Phi) is 4.68. The highest BCUT2D eigenvalue weighted by atomic mass is 15.6. The minimum atomic E-state index is -0.0813. The molecule has 0 bridgehead atoms. The second-order valence-corrected chi connectivity index (χ2v) is 7.09. The van der Waals surface area contributed by atoms with Gasteiger partial charge in [0, 0.05) is 45.1 Å². The molecule has 0 aromatic carbocycles. The number of pyridine rings is 1. The number of aromatic nitrogens is 5. The second-order valence-electron chi connectivity index (χ2n) is 7.09. The predicted octanol–water partition coefficient (Wildman–Crippen LogP) is 1.14. The Morgan fingerprint density at radius 2 is 1.57 bits per heavy atom. The number of hydrogen-bond acceptors (Lipinski definition) is 6. The summed E-state index contributed by atoms with van der Waals surface area (Å²) in [6, 6.07) is 4.17. The molecule has 0 aliphatic carbocycles. The minimum Gasteiger partial charge on any atom is -0.297 e. The van der Waals surface area contributed by atoms with Crippen molar-refractivity contribution in [3.05, 3.63) is 35.9 Å². The zero-order valence-electron chi connectivity index (χ0n) is 14.2. The molecular formula is C16H25N7. The van der Waals surface area contributed by atoms with Gasteiger partial charge in [-0.2, -0.15) is 0 Å². The van der Waals surface area contributed by atoms with Crippen LogP contribution in [-0.4, -0.2) is 61.2 Å². The molecule has 1 aliphatic rings. The standard InChI is InChI=1S/C16H25N7/c1-16(2,3)23-15(18-19-20-23)13-22-10-8-21(9-11-22)12-14-4-6-17-7-5-14/h4-7H,8-13H2,1-3H3. The van der Waals surface area contributed by atoms with Crippen molar-refractivity contribution in [2.75, 3.05) is 26.2 Å². The van der Waals surface area contributed by atoms with E-state index in [1.54, 1.807) is 0 Å². The van der Waals surface area contributed by atoms with Crippen molar-refractivity contribution in [3.8, 4) is 0 Å². The van der Waals surface area contributed by atoms with Crippen LogP contribution in [0.3, 0.4) is 0 Å². The molecular weight excluding hydrogens is 290 g/mol. The van der Waals surface area contributed by atoms with Crippen LogP contribution in [0.15, 0.2) is 24.5 Å². The molecule has 0 radical (unpaired) electrons. The highest BCUT2D eigenvalue weighted by Gasteiger charge is 2.23. The molecule has 2 aromatic rings. The summed E-state index contributed by atoms with van der Waals surface area (Å²) in [7, 11) is 0. The summed E-state index contributed by atoms with van der Waals surface area (Å²) in [4.78, 5) is 8.98. The highest BCUT2D eigenvalue weighted by Crippen LogP contribution is 2.15. The van der Waals surface area contributed by atoms with Crippen molar-refractivity contribution in [1.29, 1.82) is 0 Å². The van der Waals surface area contributed by atoms with E-state index < -0.39 is 0 Å². The zero-order valence-corrected chi connectivity index (χ0v) is 14.2. The predicted molar refractivity (Wildman–Crippen MR) is 87.6 cm³/mol. The Labute approximate surface area is 137 Å². The van der Waals surface area contributed by atoms with Gasteiger partial charge in [0.2, 0.25) is 0 Å². The molecule has 0 saturated carbocycles. The lowest BCUT2D eigenvalue weighted by molar-refractivity contribution is 0.116. The van der Waals surface area contributed by atoms with Crippen molar-refractivity contribution in [1.82, 2.24) is 35.0 Å². The number of hydrogen-bond donors (Lipinski definition) is 0. The molecule has 124 valence electrons. The van der Waals surface area contributed by atoms with E-state index in [1.165, 1.54) is 5.56 Å². The lowest BCUT2D eigenvalue weighted by atomic mass is 10.1. The van der Waals surface area contributed by atoms with Gasteiger partial charge in [-0.15, -0.1) is 5.10 Å². The minimum absolute atomic E-state index is 0.0813. The fraction of sp³-hybridized carbons (Fsp3) is 0.625. The lowest BCUT2D eigenvalue weighted by Crippen LogP contribution is -2.46. The van der Waals surface area contributed by atoms with E-state index in [4.69, 9.17) is 0 Å². The van der Waals surface area contributed by atoms with E-state index in [0.717, 1.165) is 45.1 Å². The van der Waals surface area contributed by atoms with Gasteiger partial charge >= 0.3 is 0 Å². The zero-order chi connectivity index (χ0) is 16.3. The van der Waals surface area contributed by atoms with Gasteiger partial charge in [-0.25, -0.2) is 4.68 Å². The van der Waals surface area contributed by atoms with E-state index >= 15 is 0 Å². The van der Waals surface area contributed by atoms with Crippen molar-refractivity contribution in [2.45, 2.75) is 39.4 Å². The third-order valence-electron chi connectivity index (χ3n) is 4.15. The first kappa shape index (κ1) is 16.0. The van der Waals surface area contributed by atoms with Crippen LogP contribution in [0.4, 0.5) is 0 Å². The molecule has 0 atom stereocenters. The van der Waals surface area contributed by atoms with Crippen molar-refractivity contribution >= 4 is 0 Å². The number of rotatable bonds is 4. The molecule has 23 heavy (non-hydrogen) atoms. The van der Waals surface area contributed by atoms with Crippen LogP contribution in [0.5, 0.6) is 0 Å². The van der Waals surface area contributed by atoms with Crippen LogP contribution in [0.2, 0.25) is 0 Å². The number of nitrogens with zero attached hydrogens (tertiary/aromatic N) is 7. The molecule has 1 fully saturated rings. The van der Waals surface area contributed by atoms with Crippen LogP contribution >= 0.6 is 0 Å². The first-order valence-corrected chi connectivity index (χ1v) is 8.14. The summed E-state index contributed by atoms with van der Waals surface area (Å²) in [5, 5.41) is 12.2. The third-order valence-corrected chi connectivity index (χ3v) is 4.15. The Morgan fingerprint density at radius 3 is 2.17 bits per heavy atom. The quantitative estimate of drug-likeness (QED) is 0.843. The van der Waals surface area contributed by atoms with Gasteiger partial charge in [-0.05, 0) is 48.9 Å². The first-order valence-electron chi connectivity index (χ1n) is 8.14. The van der Waals surface area contributed by atoms with Gasteiger partial charge < -0.3 is 0 Å². The van der Waals surface area contributed by atoms with Crippen LogP contribution in [0, 0.1) is 0 Å². The van der Waals surface area contributed by atoms with Crippen LogP contribution in [0.1, 0.15) is 32.2 Å². The van der Waals surface area contributed by atoms with Gasteiger partial charge in [0.25, 0.3) is 0 Å². The van der Waals surface area contributed by atoms with Gasteiger partial charge in [0.1, 0.15) is 0 Å². The van der Waals surface area contributed by atoms with E-state index in [9.17, 15) is 0 Å². The Balaban J connectivity index is 1.53. The van der Waals surface area contributed by atoms with Gasteiger partial charge in [-0.3, -0.25) is 14.8 Å². The van der Waals surface area contributed by atoms with Crippen LogP contribution < -0.4 is 0 Å². The number of piperazine rings is 1. The van der Waals surface area contributed by atoms with Crippen molar-refractivity contribution < 1.29 is 0 Å². The molecule has 0 amide bonds. The average Bonchev–Trinajstić information content (AvgIpc) is 2.99. The maximum absolute atomic E-state index is 4.20. The van der Waals surface area contributed by atoms with Crippen LogP contribution in [-0.2, 0) is 18.6 Å². The Morgan fingerprint density at radius 1 is 0.957 bits per heavy atom. The van der Waals surface area contributed by atoms with E-state index in [1.807, 2.05) is 17.1 Å². The van der Waals surface area contributed by atoms with Gasteiger partial charge in [-0.1, -0.05) is 0 Å². The maximum atomic E-state index is 4.20. The van der Waals surface area contributed by atoms with Gasteiger partial charge in [0.05, 0.1) is 12.1 Å². The summed E-state index contributed by atoms with van der Waals surface area (Å²) in [5.41, 5.74) is 1.24. The van der Waals surface area contributed by atoms with E-state index in [2.05, 4.69) is 63.2 Å². The van der Waals surface area contributed by atoms with E-state index in [0.29, 0.717) is 0 Å². The third kappa shape index (κ3) is 4.11. The largest absolute Gasteiger partial charge is 0.297 e. The van der Waals surface area contributed by atoms with Crippen LogP contribution in [0.25, 0.3) is 0 Å². The summed E-state index contributed by atoms with van der Waals surface area (Å²) >= 11 is 0. The molecule has 0 spiro atoms. The molecule has 0 N–H and O–H groups in total. The number of tetrazole rings is 1. The lowest BCUT2D eigenvalue weighted by Gasteiger charge is -2.34. The summed E-state index contributed by atoms with van der Waals surface area (Å²) in [5.74, 6) is 0.945. The molecule has 0 unspecified atom stereocenters. The monoisotopic (exact) mass is 315 g/mol. The summed E-state index contributed by atoms with van der Waals surface area (Å²) < 4.78 is 1.93. The Bertz CT molecular complexity index is 609. The summed E-state index contributed by atoms with van der Waals surface area (Å²) in [6.45, 7) is 12.4. The van der Waals surface area contributed by atoms with Gasteiger partial charge in [0.15, 0.2) is 5.82 Å². The second kappa shape index (κ2) is 6.72. The molecule has 3 rings (SSSR count). The highest BCUT2D eigenvalue weighted by molar-refractivity contribution is 5.09. The van der Waals surface area contributed by atoms with E-state index in [-0.39, 0.29) is 5.54 Å². The normalized spacial score (nSPS) is 17.5. The first-order chi connectivity index (χ1) is 11.0. The average molecular weight is 315 g/mol. The molecule has 3 heterocycles. The molecule has 2 aromatic heterocycles. The maximum Gasteiger partial charge on any atom is 0.165 e.